The van der Waals surface area contributed by atoms with Crippen molar-refractivity contribution in [3.63, 3.8) is 0 Å². The van der Waals surface area contributed by atoms with Crippen LogP contribution >= 0.6 is 11.3 Å². The molecule has 3 nitrogen and oxygen atoms in total. The molecule has 0 aliphatic heterocycles. The van der Waals surface area contributed by atoms with Crippen LogP contribution in [0.5, 0.6) is 0 Å². The summed E-state index contributed by atoms with van der Waals surface area (Å²) in [7, 11) is 0. The van der Waals surface area contributed by atoms with Gasteiger partial charge in [-0.05, 0) is 30.9 Å². The Morgan fingerprint density at radius 1 is 1.61 bits per heavy atom. The molecule has 1 amide bonds. The lowest BCUT2D eigenvalue weighted by molar-refractivity contribution is 0.0953. The van der Waals surface area contributed by atoms with Crippen molar-refractivity contribution in [3.8, 4) is 11.8 Å². The van der Waals surface area contributed by atoms with Crippen LogP contribution in [0.25, 0.3) is 0 Å². The van der Waals surface area contributed by atoms with Gasteiger partial charge in [0.2, 0.25) is 0 Å². The van der Waals surface area contributed by atoms with Crippen molar-refractivity contribution in [1.29, 1.82) is 0 Å². The van der Waals surface area contributed by atoms with Crippen LogP contribution in [0.4, 0.5) is 0 Å². The number of amides is 1. The van der Waals surface area contributed by atoms with Crippen LogP contribution in [0.15, 0.2) is 12.1 Å². The molecule has 1 aliphatic rings. The second kappa shape index (κ2) is 6.03. The zero-order chi connectivity index (χ0) is 13.0. The Balaban J connectivity index is 1.88. The molecule has 1 heterocycles. The number of aliphatic hydroxyl groups excluding tert-OH is 1. The Morgan fingerprint density at radius 2 is 2.44 bits per heavy atom. The van der Waals surface area contributed by atoms with E-state index < -0.39 is 0 Å². The summed E-state index contributed by atoms with van der Waals surface area (Å²) >= 11 is 1.37. The third-order valence-electron chi connectivity index (χ3n) is 3.02. The molecule has 1 saturated carbocycles. The topological polar surface area (TPSA) is 49.3 Å². The fraction of sp³-hybridized carbons (Fsp3) is 0.500. The molecule has 4 heteroatoms. The first-order valence-corrected chi connectivity index (χ1v) is 7.06. The molecular formula is C14H17NO2S. The van der Waals surface area contributed by atoms with Gasteiger partial charge in [0.1, 0.15) is 6.61 Å². The number of hydrogen-bond acceptors (Lipinski definition) is 3. The summed E-state index contributed by atoms with van der Waals surface area (Å²) in [5.41, 5.74) is 0. The zero-order valence-electron chi connectivity index (χ0n) is 10.4. The van der Waals surface area contributed by atoms with Crippen LogP contribution in [-0.4, -0.2) is 23.7 Å². The van der Waals surface area contributed by atoms with E-state index >= 15 is 0 Å². The van der Waals surface area contributed by atoms with E-state index in [1.54, 1.807) is 6.07 Å². The smallest absolute Gasteiger partial charge is 0.261 e. The van der Waals surface area contributed by atoms with Crippen molar-refractivity contribution >= 4 is 17.2 Å². The molecule has 1 aromatic heterocycles. The number of rotatable bonds is 4. The third kappa shape index (κ3) is 3.34. The minimum atomic E-state index is -0.153. The van der Waals surface area contributed by atoms with Crippen LogP contribution in [0.2, 0.25) is 0 Å². The fourth-order valence-corrected chi connectivity index (χ4v) is 2.79. The Hall–Kier alpha value is -1.31. The van der Waals surface area contributed by atoms with Crippen molar-refractivity contribution in [1.82, 2.24) is 5.32 Å². The normalized spacial score (nSPS) is 21.0. The number of carbonyl (C=O) groups excluding carboxylic acids is 1. The van der Waals surface area contributed by atoms with E-state index in [0.717, 1.165) is 11.3 Å². The summed E-state index contributed by atoms with van der Waals surface area (Å²) in [6.45, 7) is 2.02. The highest BCUT2D eigenvalue weighted by Crippen LogP contribution is 2.34. The largest absolute Gasteiger partial charge is 0.384 e. The standard InChI is InChI=1S/C14H17NO2S/c1-2-4-10-9-12(10)15-14(17)13-7-6-11(18-13)5-3-8-16/h6-7,10,12,16H,2,4,8-9H2,1H3,(H,15,17). The predicted molar refractivity (Wildman–Crippen MR) is 72.6 cm³/mol. The van der Waals surface area contributed by atoms with Crippen molar-refractivity contribution in [2.75, 3.05) is 6.61 Å². The summed E-state index contributed by atoms with van der Waals surface area (Å²) in [6.07, 6.45) is 3.49. The van der Waals surface area contributed by atoms with Crippen LogP contribution < -0.4 is 5.32 Å². The fourth-order valence-electron chi connectivity index (χ4n) is 2.01. The molecule has 2 atom stereocenters. The monoisotopic (exact) mass is 263 g/mol. The molecule has 0 bridgehead atoms. The lowest BCUT2D eigenvalue weighted by atomic mass is 10.2. The maximum absolute atomic E-state index is 11.9. The minimum absolute atomic E-state index is 0.000603. The van der Waals surface area contributed by atoms with E-state index in [1.807, 2.05) is 6.07 Å². The maximum Gasteiger partial charge on any atom is 0.261 e. The molecule has 0 spiro atoms. The van der Waals surface area contributed by atoms with Crippen LogP contribution in [0.1, 0.15) is 40.7 Å². The minimum Gasteiger partial charge on any atom is -0.384 e. The van der Waals surface area contributed by atoms with Gasteiger partial charge in [0.05, 0.1) is 9.75 Å². The van der Waals surface area contributed by atoms with Crippen LogP contribution in [-0.2, 0) is 0 Å². The van der Waals surface area contributed by atoms with E-state index in [2.05, 4.69) is 24.1 Å². The van der Waals surface area contributed by atoms with Crippen molar-refractivity contribution in [3.05, 3.63) is 21.9 Å². The van der Waals surface area contributed by atoms with Gasteiger partial charge in [-0.1, -0.05) is 25.2 Å². The molecule has 1 fully saturated rings. The predicted octanol–water partition coefficient (Wildman–Crippen LogP) is 2.01. The molecule has 96 valence electrons. The SMILES string of the molecule is CCCC1CC1NC(=O)c1ccc(C#CCO)s1. The zero-order valence-corrected chi connectivity index (χ0v) is 11.2. The molecule has 2 rings (SSSR count). The number of aliphatic hydroxyl groups is 1. The van der Waals surface area contributed by atoms with Gasteiger partial charge < -0.3 is 10.4 Å². The summed E-state index contributed by atoms with van der Waals surface area (Å²) in [4.78, 5) is 13.4. The van der Waals surface area contributed by atoms with Crippen LogP contribution in [0, 0.1) is 17.8 Å². The first kappa shape index (κ1) is 13.1. The quantitative estimate of drug-likeness (QED) is 0.816. The molecule has 1 aromatic rings. The molecule has 2 unspecified atom stereocenters. The molecule has 1 aliphatic carbocycles. The molecule has 2 N–H and O–H groups in total. The second-order valence-electron chi connectivity index (χ2n) is 4.49. The van der Waals surface area contributed by atoms with Gasteiger partial charge in [-0.25, -0.2) is 0 Å². The van der Waals surface area contributed by atoms with Crippen LogP contribution in [0.3, 0.4) is 0 Å². The van der Waals surface area contributed by atoms with Gasteiger partial charge in [0.15, 0.2) is 0 Å². The molecule has 0 radical (unpaired) electrons. The van der Waals surface area contributed by atoms with Gasteiger partial charge in [-0.3, -0.25) is 4.79 Å². The molecular weight excluding hydrogens is 246 g/mol. The van der Waals surface area contributed by atoms with Crippen molar-refractivity contribution in [2.24, 2.45) is 5.92 Å². The molecule has 0 saturated heterocycles. The van der Waals surface area contributed by atoms with E-state index in [-0.39, 0.29) is 12.5 Å². The van der Waals surface area contributed by atoms with Gasteiger partial charge in [-0.2, -0.15) is 0 Å². The molecule has 0 aromatic carbocycles. The number of nitrogens with one attached hydrogen (secondary N) is 1. The third-order valence-corrected chi connectivity index (χ3v) is 4.02. The summed E-state index contributed by atoms with van der Waals surface area (Å²) < 4.78 is 0. The van der Waals surface area contributed by atoms with E-state index in [4.69, 9.17) is 5.11 Å². The van der Waals surface area contributed by atoms with Gasteiger partial charge in [0, 0.05) is 6.04 Å². The Bertz CT molecular complexity index is 483. The maximum atomic E-state index is 11.9. The summed E-state index contributed by atoms with van der Waals surface area (Å²) in [5.74, 6) is 6.06. The second-order valence-corrected chi connectivity index (χ2v) is 5.57. The lowest BCUT2D eigenvalue weighted by Gasteiger charge is -2.01. The van der Waals surface area contributed by atoms with Crippen molar-refractivity contribution in [2.45, 2.75) is 32.2 Å². The highest BCUT2D eigenvalue weighted by Gasteiger charge is 2.37. The first-order valence-electron chi connectivity index (χ1n) is 6.25. The average Bonchev–Trinajstić information content (AvgIpc) is 2.92. The van der Waals surface area contributed by atoms with Gasteiger partial charge in [0.25, 0.3) is 5.91 Å². The van der Waals surface area contributed by atoms with E-state index in [9.17, 15) is 4.79 Å². The highest BCUT2D eigenvalue weighted by atomic mass is 32.1. The highest BCUT2D eigenvalue weighted by molar-refractivity contribution is 7.14. The van der Waals surface area contributed by atoms with Gasteiger partial charge >= 0.3 is 0 Å². The lowest BCUT2D eigenvalue weighted by Crippen LogP contribution is -2.25. The van der Waals surface area contributed by atoms with Crippen molar-refractivity contribution < 1.29 is 9.90 Å². The van der Waals surface area contributed by atoms with Gasteiger partial charge in [-0.15, -0.1) is 11.3 Å². The Kier molecular flexibility index (Phi) is 4.40. The number of hydrogen-bond donors (Lipinski definition) is 2. The average molecular weight is 263 g/mol. The Labute approximate surface area is 111 Å². The summed E-state index contributed by atoms with van der Waals surface area (Å²) in [6, 6.07) is 3.98. The number of carbonyl (C=O) groups is 1. The van der Waals surface area contributed by atoms with E-state index in [1.165, 1.54) is 24.2 Å². The summed E-state index contributed by atoms with van der Waals surface area (Å²) in [5, 5.41) is 11.7. The first-order chi connectivity index (χ1) is 8.74. The Morgan fingerprint density at radius 3 is 3.17 bits per heavy atom. The molecule has 18 heavy (non-hydrogen) atoms. The van der Waals surface area contributed by atoms with E-state index in [0.29, 0.717) is 16.8 Å². The number of thiophene rings is 1.